The largest absolute Gasteiger partial charge is 0.332 e. The van der Waals surface area contributed by atoms with Crippen molar-refractivity contribution in [2.75, 3.05) is 10.6 Å². The van der Waals surface area contributed by atoms with Crippen molar-refractivity contribution < 1.29 is 9.59 Å². The highest BCUT2D eigenvalue weighted by Gasteiger charge is 2.05. The monoisotopic (exact) mass is 449 g/mol. The SMILES string of the molecule is CCCCC(=O)Nc1cccc(NC(=S)NC(=O)C=Cc2ccc(Cl)cc2Cl)c1. The van der Waals surface area contributed by atoms with E-state index in [1.54, 1.807) is 48.5 Å². The maximum Gasteiger partial charge on any atom is 0.250 e. The second-order valence-electron chi connectivity index (χ2n) is 6.18. The van der Waals surface area contributed by atoms with Crippen LogP contribution < -0.4 is 16.0 Å². The molecule has 0 aliphatic carbocycles. The summed E-state index contributed by atoms with van der Waals surface area (Å²) in [6.07, 6.45) is 5.18. The maximum atomic E-state index is 12.1. The zero-order valence-corrected chi connectivity index (χ0v) is 18.1. The summed E-state index contributed by atoms with van der Waals surface area (Å²) in [6.45, 7) is 2.03. The Morgan fingerprint density at radius 1 is 1.07 bits per heavy atom. The van der Waals surface area contributed by atoms with E-state index in [1.165, 1.54) is 6.08 Å². The molecule has 5 nitrogen and oxygen atoms in total. The fraction of sp³-hybridized carbons (Fsp3) is 0.190. The Kier molecular flexibility index (Phi) is 9.12. The molecule has 0 spiro atoms. The van der Waals surface area contributed by atoms with Crippen molar-refractivity contribution >= 4 is 69.8 Å². The van der Waals surface area contributed by atoms with Gasteiger partial charge in [0, 0.05) is 33.9 Å². The summed E-state index contributed by atoms with van der Waals surface area (Å²) in [6, 6.07) is 12.1. The average Bonchev–Trinajstić information content (AvgIpc) is 2.65. The Hall–Kier alpha value is -2.41. The van der Waals surface area contributed by atoms with Crippen molar-refractivity contribution in [1.29, 1.82) is 0 Å². The highest BCUT2D eigenvalue weighted by atomic mass is 35.5. The van der Waals surface area contributed by atoms with Crippen LogP contribution in [0.5, 0.6) is 0 Å². The van der Waals surface area contributed by atoms with E-state index in [4.69, 9.17) is 35.4 Å². The lowest BCUT2D eigenvalue weighted by Crippen LogP contribution is -2.32. The van der Waals surface area contributed by atoms with E-state index in [-0.39, 0.29) is 11.0 Å². The van der Waals surface area contributed by atoms with Crippen LogP contribution in [0, 0.1) is 0 Å². The van der Waals surface area contributed by atoms with Crippen LogP contribution in [0.15, 0.2) is 48.5 Å². The molecular weight excluding hydrogens is 429 g/mol. The second-order valence-corrected chi connectivity index (χ2v) is 7.43. The van der Waals surface area contributed by atoms with E-state index in [1.807, 2.05) is 6.92 Å². The summed E-state index contributed by atoms with van der Waals surface area (Å²) in [4.78, 5) is 23.9. The standard InChI is InChI=1S/C21H21Cl2N3O2S/c1-2-3-7-19(27)24-16-5-4-6-17(13-16)25-21(29)26-20(28)11-9-14-8-10-15(22)12-18(14)23/h4-6,8-13H,2-3,7H2,1H3,(H,24,27)(H2,25,26,28,29). The summed E-state index contributed by atoms with van der Waals surface area (Å²) < 4.78 is 0. The molecule has 0 bridgehead atoms. The fourth-order valence-corrected chi connectivity index (χ4v) is 3.04. The maximum absolute atomic E-state index is 12.1. The van der Waals surface area contributed by atoms with Crippen molar-refractivity contribution in [1.82, 2.24) is 5.32 Å². The van der Waals surface area contributed by atoms with E-state index in [2.05, 4.69) is 16.0 Å². The number of carbonyl (C=O) groups excluding carboxylic acids is 2. The minimum atomic E-state index is -0.405. The zero-order valence-electron chi connectivity index (χ0n) is 15.8. The Morgan fingerprint density at radius 2 is 1.79 bits per heavy atom. The van der Waals surface area contributed by atoms with E-state index in [0.29, 0.717) is 33.4 Å². The lowest BCUT2D eigenvalue weighted by molar-refractivity contribution is -0.116. The van der Waals surface area contributed by atoms with Crippen LogP contribution >= 0.6 is 35.4 Å². The van der Waals surface area contributed by atoms with Gasteiger partial charge in [0.25, 0.3) is 0 Å². The zero-order chi connectivity index (χ0) is 21.2. The number of unbranched alkanes of at least 4 members (excludes halogenated alkanes) is 1. The number of thiocarbonyl (C=S) groups is 1. The van der Waals surface area contributed by atoms with Crippen LogP contribution in [0.4, 0.5) is 11.4 Å². The molecule has 0 aliphatic rings. The van der Waals surface area contributed by atoms with E-state index < -0.39 is 5.91 Å². The van der Waals surface area contributed by atoms with Crippen molar-refractivity contribution in [3.05, 3.63) is 64.1 Å². The van der Waals surface area contributed by atoms with Gasteiger partial charge in [0.2, 0.25) is 11.8 Å². The van der Waals surface area contributed by atoms with Gasteiger partial charge >= 0.3 is 0 Å². The summed E-state index contributed by atoms with van der Waals surface area (Å²) in [5, 5.41) is 9.41. The summed E-state index contributed by atoms with van der Waals surface area (Å²) >= 11 is 17.1. The van der Waals surface area contributed by atoms with Crippen LogP contribution in [0.3, 0.4) is 0 Å². The summed E-state index contributed by atoms with van der Waals surface area (Å²) in [5.74, 6) is -0.441. The number of hydrogen-bond acceptors (Lipinski definition) is 3. The van der Waals surface area contributed by atoms with Crippen LogP contribution in [-0.2, 0) is 9.59 Å². The van der Waals surface area contributed by atoms with Crippen LogP contribution in [0.2, 0.25) is 10.0 Å². The molecule has 0 saturated carbocycles. The third kappa shape index (κ3) is 8.23. The number of nitrogens with one attached hydrogen (secondary N) is 3. The van der Waals surface area contributed by atoms with Gasteiger partial charge in [-0.25, -0.2) is 0 Å². The Labute approximate surface area is 185 Å². The minimum Gasteiger partial charge on any atom is -0.332 e. The van der Waals surface area contributed by atoms with Gasteiger partial charge in [-0.1, -0.05) is 48.7 Å². The second kappa shape index (κ2) is 11.6. The Balaban J connectivity index is 1.89. The summed E-state index contributed by atoms with van der Waals surface area (Å²) in [7, 11) is 0. The highest BCUT2D eigenvalue weighted by Crippen LogP contribution is 2.22. The molecule has 0 radical (unpaired) electrons. The molecule has 8 heteroatoms. The average molecular weight is 450 g/mol. The number of halogens is 2. The molecule has 3 N–H and O–H groups in total. The predicted octanol–water partition coefficient (Wildman–Crippen LogP) is 5.65. The molecule has 0 unspecified atom stereocenters. The molecule has 2 amide bonds. The molecule has 2 aromatic rings. The third-order valence-electron chi connectivity index (χ3n) is 3.78. The summed E-state index contributed by atoms with van der Waals surface area (Å²) in [5.41, 5.74) is 1.97. The first-order valence-electron chi connectivity index (χ1n) is 9.02. The highest BCUT2D eigenvalue weighted by molar-refractivity contribution is 7.80. The topological polar surface area (TPSA) is 70.2 Å². The first-order valence-corrected chi connectivity index (χ1v) is 10.2. The molecule has 0 aliphatic heterocycles. The molecule has 0 heterocycles. The van der Waals surface area contributed by atoms with E-state index in [9.17, 15) is 9.59 Å². The van der Waals surface area contributed by atoms with Gasteiger partial charge in [0.15, 0.2) is 5.11 Å². The van der Waals surface area contributed by atoms with Crippen molar-refractivity contribution in [2.45, 2.75) is 26.2 Å². The number of amides is 2. The van der Waals surface area contributed by atoms with E-state index >= 15 is 0 Å². The van der Waals surface area contributed by atoms with E-state index in [0.717, 1.165) is 12.8 Å². The number of rotatable bonds is 7. The van der Waals surface area contributed by atoms with Crippen LogP contribution in [0.25, 0.3) is 6.08 Å². The number of carbonyl (C=O) groups is 2. The quantitative estimate of drug-likeness (QED) is 0.377. The van der Waals surface area contributed by atoms with Gasteiger partial charge in [0.05, 0.1) is 0 Å². The first-order chi connectivity index (χ1) is 13.9. The predicted molar refractivity (Wildman–Crippen MR) is 124 cm³/mol. The van der Waals surface area contributed by atoms with Gasteiger partial charge in [-0.2, -0.15) is 0 Å². The van der Waals surface area contributed by atoms with Crippen molar-refractivity contribution in [3.63, 3.8) is 0 Å². The number of anilines is 2. The molecule has 0 aromatic heterocycles. The van der Waals surface area contributed by atoms with Gasteiger partial charge < -0.3 is 10.6 Å². The lowest BCUT2D eigenvalue weighted by Gasteiger charge is -2.10. The van der Waals surface area contributed by atoms with Crippen LogP contribution in [-0.4, -0.2) is 16.9 Å². The smallest absolute Gasteiger partial charge is 0.250 e. The fourth-order valence-electron chi connectivity index (χ4n) is 2.35. The third-order valence-corrected chi connectivity index (χ3v) is 4.54. The molecule has 0 fully saturated rings. The Morgan fingerprint density at radius 3 is 2.48 bits per heavy atom. The molecule has 152 valence electrons. The van der Waals surface area contributed by atoms with Crippen molar-refractivity contribution in [3.8, 4) is 0 Å². The normalized spacial score (nSPS) is 10.6. The lowest BCUT2D eigenvalue weighted by atomic mass is 10.2. The molecular formula is C21H21Cl2N3O2S. The molecule has 29 heavy (non-hydrogen) atoms. The number of benzene rings is 2. The first kappa shape index (κ1) is 22.9. The minimum absolute atomic E-state index is 0.0362. The Bertz CT molecular complexity index is 932. The molecule has 0 saturated heterocycles. The van der Waals surface area contributed by atoms with Crippen LogP contribution in [0.1, 0.15) is 31.7 Å². The van der Waals surface area contributed by atoms with Gasteiger partial charge in [-0.3, -0.25) is 14.9 Å². The molecule has 2 rings (SSSR count). The van der Waals surface area contributed by atoms with Crippen molar-refractivity contribution in [2.24, 2.45) is 0 Å². The van der Waals surface area contributed by atoms with Gasteiger partial charge in [0.1, 0.15) is 0 Å². The molecule has 0 atom stereocenters. The van der Waals surface area contributed by atoms with Gasteiger partial charge in [-0.05, 0) is 60.6 Å². The van der Waals surface area contributed by atoms with Gasteiger partial charge in [-0.15, -0.1) is 0 Å². The number of hydrogen-bond donors (Lipinski definition) is 3. The molecule has 2 aromatic carbocycles.